The van der Waals surface area contributed by atoms with E-state index in [9.17, 15) is 9.59 Å². The van der Waals surface area contributed by atoms with Crippen molar-refractivity contribution in [3.63, 3.8) is 0 Å². The molecule has 0 bridgehead atoms. The maximum absolute atomic E-state index is 12.4. The molecule has 0 aliphatic heterocycles. The van der Waals surface area contributed by atoms with Crippen molar-refractivity contribution < 1.29 is 19.4 Å². The summed E-state index contributed by atoms with van der Waals surface area (Å²) >= 11 is 0. The van der Waals surface area contributed by atoms with E-state index in [1.807, 2.05) is 52.1 Å². The van der Waals surface area contributed by atoms with Crippen LogP contribution in [0.25, 0.3) is 5.70 Å². The number of carbonyl (C=O) groups excluding carboxylic acids is 1. The van der Waals surface area contributed by atoms with Gasteiger partial charge in [0.1, 0.15) is 6.10 Å². The quantitative estimate of drug-likeness (QED) is 0.377. The highest BCUT2D eigenvalue weighted by molar-refractivity contribution is 5.78. The Bertz CT molecular complexity index is 884. The van der Waals surface area contributed by atoms with Crippen molar-refractivity contribution >= 4 is 17.8 Å². The number of ether oxygens (including phenoxy) is 1. The Morgan fingerprint density at radius 3 is 2.20 bits per heavy atom. The normalized spacial score (nSPS) is 21.6. The molecular weight excluding hydrogens is 440 g/mol. The minimum atomic E-state index is -0.605. The molecule has 194 valence electrons. The number of amides is 1. The topological polar surface area (TPSA) is 87.7 Å². The van der Waals surface area contributed by atoms with Gasteiger partial charge < -0.3 is 15.2 Å². The SMILES string of the molecule is C=C(C)/C(NC(=O)OC(C)C1CCCC1)=C(\NC)c1ccc(C)cc1.C[C@H]1CCCC(C(=O)O)C1. The lowest BCUT2D eigenvalue weighted by molar-refractivity contribution is -0.143. The second-order valence-corrected chi connectivity index (χ2v) is 10.2. The zero-order valence-electron chi connectivity index (χ0n) is 22.2. The van der Waals surface area contributed by atoms with E-state index in [1.54, 1.807) is 0 Å². The number of carboxylic acid groups (broad SMARTS) is 1. The van der Waals surface area contributed by atoms with Crippen LogP contribution in [-0.4, -0.2) is 30.3 Å². The highest BCUT2D eigenvalue weighted by Gasteiger charge is 2.25. The van der Waals surface area contributed by atoms with Crippen molar-refractivity contribution in [3.05, 3.63) is 53.2 Å². The summed E-state index contributed by atoms with van der Waals surface area (Å²) in [5.74, 6) is 0.439. The van der Waals surface area contributed by atoms with Crippen molar-refractivity contribution in [2.24, 2.45) is 17.8 Å². The Hall–Kier alpha value is -2.76. The van der Waals surface area contributed by atoms with Crippen molar-refractivity contribution in [1.29, 1.82) is 0 Å². The molecule has 2 fully saturated rings. The summed E-state index contributed by atoms with van der Waals surface area (Å²) in [6, 6.07) is 8.14. The predicted octanol–water partition coefficient (Wildman–Crippen LogP) is 6.66. The van der Waals surface area contributed by atoms with Gasteiger partial charge in [0.25, 0.3) is 0 Å². The summed E-state index contributed by atoms with van der Waals surface area (Å²) in [7, 11) is 1.84. The third-order valence-electron chi connectivity index (χ3n) is 7.14. The van der Waals surface area contributed by atoms with Gasteiger partial charge in [-0.1, -0.05) is 69.0 Å². The van der Waals surface area contributed by atoms with Gasteiger partial charge in [0.2, 0.25) is 0 Å². The monoisotopic (exact) mass is 484 g/mol. The second kappa shape index (κ2) is 14.0. The molecule has 2 unspecified atom stereocenters. The molecule has 35 heavy (non-hydrogen) atoms. The average molecular weight is 485 g/mol. The summed E-state index contributed by atoms with van der Waals surface area (Å²) < 4.78 is 5.61. The van der Waals surface area contributed by atoms with Crippen molar-refractivity contribution in [2.45, 2.75) is 85.2 Å². The summed E-state index contributed by atoms with van der Waals surface area (Å²) in [4.78, 5) is 22.9. The Labute approximate surface area is 211 Å². The van der Waals surface area contributed by atoms with Crippen molar-refractivity contribution in [1.82, 2.24) is 10.6 Å². The number of benzene rings is 1. The summed E-state index contributed by atoms with van der Waals surface area (Å²) in [6.07, 6.45) is 8.34. The number of carbonyl (C=O) groups is 2. The Balaban J connectivity index is 0.000000360. The van der Waals surface area contributed by atoms with Crippen LogP contribution in [0.3, 0.4) is 0 Å². The van der Waals surface area contributed by atoms with Crippen LogP contribution in [0.1, 0.15) is 83.3 Å². The van der Waals surface area contributed by atoms with Crippen LogP contribution in [0.15, 0.2) is 42.1 Å². The first-order valence-electron chi connectivity index (χ1n) is 13.0. The number of carboxylic acids is 1. The molecule has 2 saturated carbocycles. The first-order valence-corrected chi connectivity index (χ1v) is 13.0. The number of allylic oxidation sites excluding steroid dienone is 1. The lowest BCUT2D eigenvalue weighted by Gasteiger charge is -2.22. The van der Waals surface area contributed by atoms with Crippen LogP contribution in [0, 0.1) is 24.7 Å². The molecule has 6 heteroatoms. The zero-order valence-corrected chi connectivity index (χ0v) is 22.2. The molecule has 0 saturated heterocycles. The van der Waals surface area contributed by atoms with Crippen molar-refractivity contribution in [3.8, 4) is 0 Å². The van der Waals surface area contributed by atoms with E-state index in [0.717, 1.165) is 48.9 Å². The number of rotatable bonds is 7. The van der Waals surface area contributed by atoms with Crippen LogP contribution in [0.2, 0.25) is 0 Å². The van der Waals surface area contributed by atoms with Crippen LogP contribution in [-0.2, 0) is 9.53 Å². The Morgan fingerprint density at radius 1 is 1.09 bits per heavy atom. The summed E-state index contributed by atoms with van der Waals surface area (Å²) in [5, 5.41) is 14.7. The van der Waals surface area contributed by atoms with E-state index >= 15 is 0 Å². The largest absolute Gasteiger partial charge is 0.481 e. The molecule has 0 heterocycles. The fourth-order valence-electron chi connectivity index (χ4n) is 5.00. The van der Waals surface area contributed by atoms with E-state index in [4.69, 9.17) is 9.84 Å². The molecule has 6 nitrogen and oxygen atoms in total. The van der Waals surface area contributed by atoms with E-state index < -0.39 is 12.1 Å². The molecule has 3 atom stereocenters. The third kappa shape index (κ3) is 9.08. The van der Waals surface area contributed by atoms with Gasteiger partial charge in [-0.2, -0.15) is 0 Å². The molecule has 0 radical (unpaired) electrons. The minimum absolute atomic E-state index is 0.0521. The lowest BCUT2D eigenvalue weighted by Crippen LogP contribution is -2.32. The molecule has 2 aliphatic rings. The van der Waals surface area contributed by atoms with Gasteiger partial charge in [0.15, 0.2) is 0 Å². The molecular formula is C29H44N2O4. The molecule has 0 spiro atoms. The number of hydrogen-bond donors (Lipinski definition) is 3. The van der Waals surface area contributed by atoms with Crippen LogP contribution < -0.4 is 10.6 Å². The number of aliphatic carboxylic acids is 1. The highest BCUT2D eigenvalue weighted by Crippen LogP contribution is 2.30. The molecule has 3 N–H and O–H groups in total. The number of alkyl carbamates (subject to hydrolysis) is 1. The highest BCUT2D eigenvalue weighted by atomic mass is 16.6. The van der Waals surface area contributed by atoms with Crippen LogP contribution >= 0.6 is 0 Å². The molecule has 1 aromatic rings. The third-order valence-corrected chi connectivity index (χ3v) is 7.14. The van der Waals surface area contributed by atoms with Gasteiger partial charge in [0.05, 0.1) is 17.3 Å². The zero-order chi connectivity index (χ0) is 26.0. The van der Waals surface area contributed by atoms with Gasteiger partial charge in [0, 0.05) is 7.05 Å². The first kappa shape index (κ1) is 28.5. The number of hydrogen-bond acceptors (Lipinski definition) is 4. The first-order chi connectivity index (χ1) is 16.6. The standard InChI is InChI=1S/C21H30N2O2.C8H14O2/c1-14(2)19(20(22-5)18-12-10-15(3)11-13-18)23-21(24)25-16(4)17-8-6-7-9-17;1-6-3-2-4-7(5-6)8(9)10/h10-13,16-17,22H,1,6-9H2,2-5H3,(H,23,24);6-7H,2-5H2,1H3,(H,9,10)/b20-19+;/t;6-,7?/m.0/s1. The van der Waals surface area contributed by atoms with Gasteiger partial charge in [-0.15, -0.1) is 0 Å². The molecule has 0 aromatic heterocycles. The maximum atomic E-state index is 12.4. The fraction of sp³-hybridized carbons (Fsp3) is 0.586. The van der Waals surface area contributed by atoms with Gasteiger partial charge in [-0.05, 0) is 69.4 Å². The molecule has 2 aliphatic carbocycles. The van der Waals surface area contributed by atoms with Crippen LogP contribution in [0.4, 0.5) is 4.79 Å². The molecule has 1 aromatic carbocycles. The smallest absolute Gasteiger partial charge is 0.411 e. The van der Waals surface area contributed by atoms with Gasteiger partial charge in [-0.3, -0.25) is 10.1 Å². The van der Waals surface area contributed by atoms with E-state index in [-0.39, 0.29) is 12.0 Å². The Morgan fingerprint density at radius 2 is 1.71 bits per heavy atom. The summed E-state index contributed by atoms with van der Waals surface area (Å²) in [5.41, 5.74) is 4.45. The molecule has 3 rings (SSSR count). The predicted molar refractivity (Wildman–Crippen MR) is 142 cm³/mol. The molecule has 1 amide bonds. The van der Waals surface area contributed by atoms with E-state index in [0.29, 0.717) is 17.5 Å². The number of aryl methyl sites for hydroxylation is 1. The van der Waals surface area contributed by atoms with Gasteiger partial charge in [-0.25, -0.2) is 4.79 Å². The van der Waals surface area contributed by atoms with Crippen LogP contribution in [0.5, 0.6) is 0 Å². The number of nitrogens with one attached hydrogen (secondary N) is 2. The van der Waals surface area contributed by atoms with Crippen molar-refractivity contribution in [2.75, 3.05) is 7.05 Å². The maximum Gasteiger partial charge on any atom is 0.411 e. The summed E-state index contributed by atoms with van der Waals surface area (Å²) in [6.45, 7) is 12.1. The van der Waals surface area contributed by atoms with E-state index in [1.165, 1.54) is 24.8 Å². The fourth-order valence-corrected chi connectivity index (χ4v) is 5.00. The Kier molecular flexibility index (Phi) is 11.4. The van der Waals surface area contributed by atoms with Gasteiger partial charge >= 0.3 is 12.1 Å². The van der Waals surface area contributed by atoms with E-state index in [2.05, 4.69) is 24.1 Å². The lowest BCUT2D eigenvalue weighted by atomic mass is 9.83. The second-order valence-electron chi connectivity index (χ2n) is 10.2. The average Bonchev–Trinajstić information content (AvgIpc) is 3.35. The minimum Gasteiger partial charge on any atom is -0.481 e.